The Labute approximate surface area is 105 Å². The number of benzene rings is 1. The van der Waals surface area contributed by atoms with Crippen LogP contribution >= 0.6 is 0 Å². The maximum absolute atomic E-state index is 12.8. The number of hydrogen-bond donors (Lipinski definition) is 0. The molecule has 0 radical (unpaired) electrons. The van der Waals surface area contributed by atoms with Crippen LogP contribution in [0.3, 0.4) is 0 Å². The van der Waals surface area contributed by atoms with Gasteiger partial charge in [0.2, 0.25) is 0 Å². The van der Waals surface area contributed by atoms with Crippen LogP contribution in [-0.4, -0.2) is 15.3 Å². The molecule has 0 aliphatic carbocycles. The van der Waals surface area contributed by atoms with E-state index in [1.165, 1.54) is 24.3 Å². The van der Waals surface area contributed by atoms with Gasteiger partial charge in [-0.05, 0) is 30.7 Å². The van der Waals surface area contributed by atoms with Gasteiger partial charge in [0.05, 0.1) is 6.54 Å². The minimum absolute atomic E-state index is 0.0367. The van der Waals surface area contributed by atoms with E-state index in [-0.39, 0.29) is 18.1 Å². The molecular formula is C14H15FN2O. The Balaban J connectivity index is 2.11. The maximum Gasteiger partial charge on any atom is 0.182 e. The first kappa shape index (κ1) is 12.5. The van der Waals surface area contributed by atoms with Crippen molar-refractivity contribution in [2.45, 2.75) is 26.3 Å². The van der Waals surface area contributed by atoms with E-state index in [4.69, 9.17) is 0 Å². The summed E-state index contributed by atoms with van der Waals surface area (Å²) in [6.45, 7) is 2.32. The van der Waals surface area contributed by atoms with E-state index in [1.54, 1.807) is 12.4 Å². The number of Topliss-reactive ketones (excluding diaryl/α,β-unsaturated/α-hetero) is 1. The molecular weight excluding hydrogens is 231 g/mol. The Hall–Kier alpha value is -1.97. The Bertz CT molecular complexity index is 531. The summed E-state index contributed by atoms with van der Waals surface area (Å²) in [5.41, 5.74) is 0.521. The number of rotatable bonds is 5. The fourth-order valence-electron chi connectivity index (χ4n) is 1.82. The second-order valence-corrected chi connectivity index (χ2v) is 4.15. The molecule has 4 heteroatoms. The SMILES string of the molecule is CCCc1nccn1CC(=O)c1ccc(F)cc1. The summed E-state index contributed by atoms with van der Waals surface area (Å²) in [5, 5.41) is 0. The highest BCUT2D eigenvalue weighted by molar-refractivity contribution is 5.95. The van der Waals surface area contributed by atoms with Gasteiger partial charge >= 0.3 is 0 Å². The number of imidazole rings is 1. The minimum atomic E-state index is -0.333. The molecule has 2 rings (SSSR count). The molecule has 0 fully saturated rings. The molecule has 0 aliphatic heterocycles. The summed E-state index contributed by atoms with van der Waals surface area (Å²) in [6.07, 6.45) is 5.33. The lowest BCUT2D eigenvalue weighted by Crippen LogP contribution is -2.12. The first-order chi connectivity index (χ1) is 8.70. The average Bonchev–Trinajstić information content (AvgIpc) is 2.78. The fraction of sp³-hybridized carbons (Fsp3) is 0.286. The quantitative estimate of drug-likeness (QED) is 0.760. The van der Waals surface area contributed by atoms with E-state index in [9.17, 15) is 9.18 Å². The largest absolute Gasteiger partial charge is 0.327 e. The van der Waals surface area contributed by atoms with Crippen molar-refractivity contribution in [3.05, 3.63) is 53.9 Å². The fourth-order valence-corrected chi connectivity index (χ4v) is 1.82. The molecule has 0 spiro atoms. The Morgan fingerprint density at radius 2 is 2.06 bits per heavy atom. The standard InChI is InChI=1S/C14H15FN2O/c1-2-3-14-16-8-9-17(14)10-13(18)11-4-6-12(15)7-5-11/h4-9H,2-3,10H2,1H3. The highest BCUT2D eigenvalue weighted by atomic mass is 19.1. The van der Waals surface area contributed by atoms with Crippen molar-refractivity contribution in [1.82, 2.24) is 9.55 Å². The van der Waals surface area contributed by atoms with Gasteiger partial charge in [-0.25, -0.2) is 9.37 Å². The van der Waals surface area contributed by atoms with Gasteiger partial charge in [-0.1, -0.05) is 6.92 Å². The molecule has 0 unspecified atom stereocenters. The molecule has 0 aliphatic rings. The average molecular weight is 246 g/mol. The zero-order chi connectivity index (χ0) is 13.0. The summed E-state index contributed by atoms with van der Waals surface area (Å²) in [5.74, 6) is 0.541. The number of aryl methyl sites for hydroxylation is 1. The summed E-state index contributed by atoms with van der Waals surface area (Å²) in [7, 11) is 0. The van der Waals surface area contributed by atoms with Gasteiger partial charge in [-0.3, -0.25) is 4.79 Å². The Morgan fingerprint density at radius 1 is 1.33 bits per heavy atom. The molecule has 0 N–H and O–H groups in total. The Kier molecular flexibility index (Phi) is 3.87. The van der Waals surface area contributed by atoms with E-state index in [0.717, 1.165) is 18.7 Å². The number of carbonyl (C=O) groups excluding carboxylic acids is 1. The van der Waals surface area contributed by atoms with Crippen LogP contribution in [0.2, 0.25) is 0 Å². The van der Waals surface area contributed by atoms with Crippen molar-refractivity contribution in [2.24, 2.45) is 0 Å². The molecule has 0 saturated carbocycles. The molecule has 1 aromatic heterocycles. The summed E-state index contributed by atoms with van der Waals surface area (Å²) in [6, 6.07) is 5.62. The van der Waals surface area contributed by atoms with Gasteiger partial charge < -0.3 is 4.57 Å². The highest BCUT2D eigenvalue weighted by Gasteiger charge is 2.09. The third-order valence-electron chi connectivity index (χ3n) is 2.76. The van der Waals surface area contributed by atoms with Crippen molar-refractivity contribution in [1.29, 1.82) is 0 Å². The van der Waals surface area contributed by atoms with Crippen LogP contribution in [0.1, 0.15) is 29.5 Å². The normalized spacial score (nSPS) is 10.6. The molecule has 18 heavy (non-hydrogen) atoms. The van der Waals surface area contributed by atoms with Gasteiger partial charge in [-0.2, -0.15) is 0 Å². The number of nitrogens with zero attached hydrogens (tertiary/aromatic N) is 2. The molecule has 0 atom stereocenters. The monoisotopic (exact) mass is 246 g/mol. The van der Waals surface area contributed by atoms with Gasteiger partial charge in [0.1, 0.15) is 11.6 Å². The topological polar surface area (TPSA) is 34.9 Å². The Morgan fingerprint density at radius 3 is 2.72 bits per heavy atom. The molecule has 0 bridgehead atoms. The number of ketones is 1. The number of halogens is 1. The summed E-state index contributed by atoms with van der Waals surface area (Å²) < 4.78 is 14.6. The molecule has 3 nitrogen and oxygen atoms in total. The molecule has 0 amide bonds. The number of carbonyl (C=O) groups is 1. The van der Waals surface area contributed by atoms with E-state index < -0.39 is 0 Å². The van der Waals surface area contributed by atoms with E-state index in [2.05, 4.69) is 11.9 Å². The van der Waals surface area contributed by atoms with Crippen molar-refractivity contribution in [3.63, 3.8) is 0 Å². The second-order valence-electron chi connectivity index (χ2n) is 4.15. The van der Waals surface area contributed by atoms with Crippen LogP contribution in [0.15, 0.2) is 36.7 Å². The smallest absolute Gasteiger partial charge is 0.182 e. The zero-order valence-corrected chi connectivity index (χ0v) is 10.3. The number of hydrogen-bond acceptors (Lipinski definition) is 2. The van der Waals surface area contributed by atoms with Crippen LogP contribution < -0.4 is 0 Å². The third-order valence-corrected chi connectivity index (χ3v) is 2.76. The van der Waals surface area contributed by atoms with Gasteiger partial charge in [-0.15, -0.1) is 0 Å². The van der Waals surface area contributed by atoms with E-state index >= 15 is 0 Å². The van der Waals surface area contributed by atoms with Gasteiger partial charge in [0.25, 0.3) is 0 Å². The van der Waals surface area contributed by atoms with Gasteiger partial charge in [0, 0.05) is 24.4 Å². The lowest BCUT2D eigenvalue weighted by Gasteiger charge is -2.06. The van der Waals surface area contributed by atoms with Gasteiger partial charge in [0.15, 0.2) is 5.78 Å². The van der Waals surface area contributed by atoms with Crippen molar-refractivity contribution >= 4 is 5.78 Å². The van der Waals surface area contributed by atoms with Crippen molar-refractivity contribution in [3.8, 4) is 0 Å². The molecule has 1 heterocycles. The predicted octanol–water partition coefficient (Wildman–Crippen LogP) is 2.86. The van der Waals surface area contributed by atoms with Crippen molar-refractivity contribution < 1.29 is 9.18 Å². The maximum atomic E-state index is 12.8. The summed E-state index contributed by atoms with van der Waals surface area (Å²) >= 11 is 0. The zero-order valence-electron chi connectivity index (χ0n) is 10.3. The first-order valence-corrected chi connectivity index (χ1v) is 5.99. The van der Waals surface area contributed by atoms with Crippen LogP contribution in [0, 0.1) is 5.82 Å². The first-order valence-electron chi connectivity index (χ1n) is 5.99. The lowest BCUT2D eigenvalue weighted by molar-refractivity contribution is 0.0971. The summed E-state index contributed by atoms with van der Waals surface area (Å²) in [4.78, 5) is 16.2. The van der Waals surface area contributed by atoms with E-state index in [1.807, 2.05) is 4.57 Å². The molecule has 1 aromatic carbocycles. The lowest BCUT2D eigenvalue weighted by atomic mass is 10.1. The minimum Gasteiger partial charge on any atom is -0.327 e. The second kappa shape index (κ2) is 5.58. The molecule has 2 aromatic rings. The van der Waals surface area contributed by atoms with Crippen molar-refractivity contribution in [2.75, 3.05) is 0 Å². The predicted molar refractivity (Wildman–Crippen MR) is 67.0 cm³/mol. The van der Waals surface area contributed by atoms with E-state index in [0.29, 0.717) is 5.56 Å². The van der Waals surface area contributed by atoms with Crippen LogP contribution in [0.4, 0.5) is 4.39 Å². The number of aromatic nitrogens is 2. The highest BCUT2D eigenvalue weighted by Crippen LogP contribution is 2.07. The molecule has 0 saturated heterocycles. The molecule has 94 valence electrons. The third kappa shape index (κ3) is 2.83. The van der Waals surface area contributed by atoms with Crippen LogP contribution in [0.25, 0.3) is 0 Å². The van der Waals surface area contributed by atoms with Crippen LogP contribution in [-0.2, 0) is 13.0 Å². The van der Waals surface area contributed by atoms with Crippen LogP contribution in [0.5, 0.6) is 0 Å².